The first-order chi connectivity index (χ1) is 12.9. The topological polar surface area (TPSA) is 82.6 Å². The van der Waals surface area contributed by atoms with Crippen LogP contribution in [-0.2, 0) is 14.8 Å². The first-order valence-electron chi connectivity index (χ1n) is 8.25. The summed E-state index contributed by atoms with van der Waals surface area (Å²) in [5, 5.41) is 2.77. The van der Waals surface area contributed by atoms with Crippen molar-refractivity contribution in [2.24, 2.45) is 0 Å². The molecule has 1 saturated heterocycles. The number of hydrogen-bond acceptors (Lipinski definition) is 5. The summed E-state index contributed by atoms with van der Waals surface area (Å²) < 4.78 is 27.5. The molecule has 0 atom stereocenters. The van der Waals surface area contributed by atoms with Gasteiger partial charge in [0, 0.05) is 42.5 Å². The van der Waals surface area contributed by atoms with Crippen LogP contribution in [0.2, 0.25) is 5.15 Å². The number of piperazine rings is 1. The van der Waals surface area contributed by atoms with Crippen molar-refractivity contribution in [2.45, 2.75) is 4.90 Å². The van der Waals surface area contributed by atoms with Gasteiger partial charge in [0.1, 0.15) is 10.0 Å². The van der Waals surface area contributed by atoms with E-state index in [0.29, 0.717) is 17.6 Å². The fourth-order valence-electron chi connectivity index (χ4n) is 2.78. The number of carbonyl (C=O) groups is 1. The van der Waals surface area contributed by atoms with Crippen LogP contribution in [0.4, 0.5) is 5.69 Å². The fraction of sp³-hybridized carbons (Fsp3) is 0.294. The van der Waals surface area contributed by atoms with Crippen molar-refractivity contribution < 1.29 is 13.2 Å². The summed E-state index contributed by atoms with van der Waals surface area (Å²) in [5.41, 5.74) is 0.737. The van der Waals surface area contributed by atoms with Gasteiger partial charge in [-0.1, -0.05) is 29.8 Å². The number of rotatable bonds is 5. The second kappa shape index (κ2) is 8.66. The molecule has 2 heterocycles. The average molecular weight is 474 g/mol. The number of carbonyl (C=O) groups excluding carboxylic acids is 1. The standard InChI is InChI=1S/C17H18BrClN4O3S/c18-13-10-15(17(19)20-11-13)27(25,26)23-8-6-22(7-9-23)12-16(24)21-14-4-2-1-3-5-14/h1-5,10-11H,6-9,12H2,(H,21,24). The van der Waals surface area contributed by atoms with Crippen LogP contribution in [0, 0.1) is 0 Å². The number of nitrogens with one attached hydrogen (secondary N) is 1. The van der Waals surface area contributed by atoms with Crippen LogP contribution in [0.3, 0.4) is 0 Å². The van der Waals surface area contributed by atoms with Gasteiger partial charge < -0.3 is 5.32 Å². The highest BCUT2D eigenvalue weighted by Gasteiger charge is 2.31. The summed E-state index contributed by atoms with van der Waals surface area (Å²) >= 11 is 9.19. The van der Waals surface area contributed by atoms with E-state index in [2.05, 4.69) is 26.2 Å². The molecule has 0 unspecified atom stereocenters. The molecule has 144 valence electrons. The predicted octanol–water partition coefficient (Wildman–Crippen LogP) is 2.44. The van der Waals surface area contributed by atoms with Crippen molar-refractivity contribution in [3.63, 3.8) is 0 Å². The van der Waals surface area contributed by atoms with Crippen LogP contribution in [0.5, 0.6) is 0 Å². The molecule has 1 aromatic carbocycles. The Bertz CT molecular complexity index is 919. The highest BCUT2D eigenvalue weighted by Crippen LogP contribution is 2.26. The third kappa shape index (κ3) is 5.05. The fourth-order valence-corrected chi connectivity index (χ4v) is 5.12. The zero-order valence-corrected chi connectivity index (χ0v) is 17.5. The number of aromatic nitrogens is 1. The zero-order chi connectivity index (χ0) is 19.4. The maximum absolute atomic E-state index is 12.8. The van der Waals surface area contributed by atoms with Crippen LogP contribution in [0.1, 0.15) is 0 Å². The molecule has 27 heavy (non-hydrogen) atoms. The number of sulfonamides is 1. The average Bonchev–Trinajstić information content (AvgIpc) is 2.65. The summed E-state index contributed by atoms with van der Waals surface area (Å²) in [4.78, 5) is 17.9. The molecule has 0 spiro atoms. The van der Waals surface area contributed by atoms with Crippen LogP contribution in [-0.4, -0.2) is 61.2 Å². The molecule has 2 aromatic rings. The molecule has 1 N–H and O–H groups in total. The van der Waals surface area contributed by atoms with Crippen LogP contribution in [0.25, 0.3) is 0 Å². The van der Waals surface area contributed by atoms with Gasteiger partial charge in [-0.25, -0.2) is 13.4 Å². The van der Waals surface area contributed by atoms with Gasteiger partial charge in [0.2, 0.25) is 15.9 Å². The van der Waals surface area contributed by atoms with Crippen LogP contribution < -0.4 is 5.32 Å². The summed E-state index contributed by atoms with van der Waals surface area (Å²) in [6.07, 6.45) is 1.45. The zero-order valence-electron chi connectivity index (χ0n) is 14.3. The van der Waals surface area contributed by atoms with Gasteiger partial charge in [-0.3, -0.25) is 9.69 Å². The van der Waals surface area contributed by atoms with Crippen LogP contribution >= 0.6 is 27.5 Å². The largest absolute Gasteiger partial charge is 0.325 e. The number of para-hydroxylation sites is 1. The number of anilines is 1. The molecular weight excluding hydrogens is 456 g/mol. The molecule has 1 aliphatic heterocycles. The smallest absolute Gasteiger partial charge is 0.246 e. The Kier molecular flexibility index (Phi) is 6.48. The minimum absolute atomic E-state index is 0.0196. The van der Waals surface area contributed by atoms with E-state index < -0.39 is 10.0 Å². The molecule has 1 aromatic heterocycles. The quantitative estimate of drug-likeness (QED) is 0.675. The highest BCUT2D eigenvalue weighted by atomic mass is 79.9. The predicted molar refractivity (Wildman–Crippen MR) is 107 cm³/mol. The Morgan fingerprint density at radius 2 is 1.85 bits per heavy atom. The second-order valence-corrected chi connectivity index (χ2v) is 9.22. The van der Waals surface area contributed by atoms with Crippen molar-refractivity contribution >= 4 is 49.1 Å². The maximum atomic E-state index is 12.8. The Labute approximate surface area is 171 Å². The first kappa shape index (κ1) is 20.2. The van der Waals surface area contributed by atoms with Gasteiger partial charge in [-0.05, 0) is 34.1 Å². The minimum Gasteiger partial charge on any atom is -0.325 e. The van der Waals surface area contributed by atoms with E-state index in [1.54, 1.807) is 0 Å². The molecule has 3 rings (SSSR count). The Morgan fingerprint density at radius 1 is 1.19 bits per heavy atom. The van der Waals surface area contributed by atoms with Crippen molar-refractivity contribution in [1.29, 1.82) is 0 Å². The van der Waals surface area contributed by atoms with Crippen LogP contribution in [0.15, 0.2) is 52.0 Å². The van der Waals surface area contributed by atoms with Gasteiger partial charge in [-0.15, -0.1) is 0 Å². The van der Waals surface area contributed by atoms with E-state index in [1.165, 1.54) is 16.6 Å². The Morgan fingerprint density at radius 3 is 2.52 bits per heavy atom. The third-order valence-corrected chi connectivity index (χ3v) is 6.91. The lowest BCUT2D eigenvalue weighted by molar-refractivity contribution is -0.117. The van der Waals surface area contributed by atoms with Gasteiger partial charge in [0.05, 0.1) is 6.54 Å². The minimum atomic E-state index is -3.73. The Balaban J connectivity index is 1.58. The molecule has 0 saturated carbocycles. The number of pyridine rings is 1. The van der Waals surface area contributed by atoms with E-state index >= 15 is 0 Å². The molecular formula is C17H18BrClN4O3S. The highest BCUT2D eigenvalue weighted by molar-refractivity contribution is 9.10. The van der Waals surface area contributed by atoms with E-state index in [4.69, 9.17) is 11.6 Å². The van der Waals surface area contributed by atoms with Crippen molar-refractivity contribution in [3.8, 4) is 0 Å². The van der Waals surface area contributed by atoms with Gasteiger partial charge >= 0.3 is 0 Å². The second-order valence-electron chi connectivity index (χ2n) is 6.04. The van der Waals surface area contributed by atoms with Crippen molar-refractivity contribution in [2.75, 3.05) is 38.0 Å². The molecule has 0 aliphatic carbocycles. The van der Waals surface area contributed by atoms with Gasteiger partial charge in [-0.2, -0.15) is 4.31 Å². The van der Waals surface area contributed by atoms with E-state index in [-0.39, 0.29) is 35.6 Å². The lowest BCUT2D eigenvalue weighted by Crippen LogP contribution is -2.50. The van der Waals surface area contributed by atoms with E-state index in [1.807, 2.05) is 35.2 Å². The first-order valence-corrected chi connectivity index (χ1v) is 10.9. The van der Waals surface area contributed by atoms with Crippen molar-refractivity contribution in [3.05, 3.63) is 52.2 Å². The summed E-state index contributed by atoms with van der Waals surface area (Å²) in [5.74, 6) is -0.128. The maximum Gasteiger partial charge on any atom is 0.246 e. The number of amides is 1. The molecule has 7 nitrogen and oxygen atoms in total. The van der Waals surface area contributed by atoms with E-state index in [0.717, 1.165) is 5.69 Å². The monoisotopic (exact) mass is 472 g/mol. The van der Waals surface area contributed by atoms with Gasteiger partial charge in [0.15, 0.2) is 0 Å². The molecule has 1 amide bonds. The number of halogens is 2. The summed E-state index contributed by atoms with van der Waals surface area (Å²) in [7, 11) is -3.73. The number of hydrogen-bond donors (Lipinski definition) is 1. The van der Waals surface area contributed by atoms with Gasteiger partial charge in [0.25, 0.3) is 0 Å². The van der Waals surface area contributed by atoms with E-state index in [9.17, 15) is 13.2 Å². The molecule has 0 bridgehead atoms. The molecule has 1 aliphatic rings. The summed E-state index contributed by atoms with van der Waals surface area (Å²) in [6.45, 7) is 1.69. The molecule has 10 heteroatoms. The SMILES string of the molecule is O=C(CN1CCN(S(=O)(=O)c2cc(Br)cnc2Cl)CC1)Nc1ccccc1. The Hall–Kier alpha value is -1.52. The van der Waals surface area contributed by atoms with Crippen molar-refractivity contribution in [1.82, 2.24) is 14.2 Å². The lowest BCUT2D eigenvalue weighted by atomic mass is 10.3. The molecule has 0 radical (unpaired) electrons. The summed E-state index contributed by atoms with van der Waals surface area (Å²) in [6, 6.07) is 10.7. The third-order valence-electron chi connectivity index (χ3n) is 4.15. The number of nitrogens with zero attached hydrogens (tertiary/aromatic N) is 3. The molecule has 1 fully saturated rings. The number of benzene rings is 1. The normalized spacial score (nSPS) is 16.2. The lowest BCUT2D eigenvalue weighted by Gasteiger charge is -2.33.